The summed E-state index contributed by atoms with van der Waals surface area (Å²) in [6, 6.07) is 3.62. The Morgan fingerprint density at radius 3 is 2.67 bits per heavy atom. The van der Waals surface area contributed by atoms with Crippen LogP contribution in [0.3, 0.4) is 0 Å². The average Bonchev–Trinajstić information content (AvgIpc) is 2.80. The highest BCUT2D eigenvalue weighted by atomic mass is 16.4. The van der Waals surface area contributed by atoms with Gasteiger partial charge in [-0.1, -0.05) is 6.92 Å². The first-order valence-electron chi connectivity index (χ1n) is 6.00. The molecule has 1 aliphatic carbocycles. The second kappa shape index (κ2) is 3.73. The number of hydrogen-bond acceptors (Lipinski definition) is 2. The molecule has 1 saturated carbocycles. The first-order valence-corrected chi connectivity index (χ1v) is 6.00. The van der Waals surface area contributed by atoms with Gasteiger partial charge in [-0.2, -0.15) is 5.10 Å². The molecule has 5 heteroatoms. The van der Waals surface area contributed by atoms with E-state index in [0.717, 1.165) is 18.4 Å². The fraction of sp³-hybridized carbons (Fsp3) is 0.385. The van der Waals surface area contributed by atoms with Gasteiger partial charge in [0.25, 0.3) is 0 Å². The lowest BCUT2D eigenvalue weighted by Gasteiger charge is -2.14. The quantitative estimate of drug-likeness (QED) is 0.894. The highest BCUT2D eigenvalue weighted by Crippen LogP contribution is 2.47. The van der Waals surface area contributed by atoms with Gasteiger partial charge in [-0.05, 0) is 36.0 Å². The Bertz CT molecular complexity index is 567. The molecule has 1 unspecified atom stereocenters. The summed E-state index contributed by atoms with van der Waals surface area (Å²) in [7, 11) is 0. The number of aliphatic carboxylic acids is 1. The van der Waals surface area contributed by atoms with E-state index >= 15 is 0 Å². The Morgan fingerprint density at radius 1 is 1.44 bits per heavy atom. The SMILES string of the molecule is CC1(c2cnn(C(C(=O)O)n3cccc3)c2)CC1. The number of hydrogen-bond donors (Lipinski definition) is 1. The van der Waals surface area contributed by atoms with Crippen molar-refractivity contribution in [3.05, 3.63) is 42.5 Å². The molecule has 0 bridgehead atoms. The van der Waals surface area contributed by atoms with Gasteiger partial charge in [0.15, 0.2) is 0 Å². The summed E-state index contributed by atoms with van der Waals surface area (Å²) in [5.41, 5.74) is 1.33. The average molecular weight is 245 g/mol. The lowest BCUT2D eigenvalue weighted by molar-refractivity contribution is -0.142. The third-order valence-corrected chi connectivity index (χ3v) is 3.68. The molecule has 2 aromatic heterocycles. The van der Waals surface area contributed by atoms with Gasteiger partial charge in [0.2, 0.25) is 6.17 Å². The second-order valence-electron chi connectivity index (χ2n) is 5.11. The standard InChI is InChI=1S/C13H15N3O2/c1-13(4-5-13)10-8-14-16(9-10)11(12(17)18)15-6-2-3-7-15/h2-3,6-9,11H,4-5H2,1H3,(H,17,18). The monoisotopic (exact) mass is 245 g/mol. The normalized spacial score (nSPS) is 18.5. The van der Waals surface area contributed by atoms with Crippen LogP contribution in [0, 0.1) is 0 Å². The summed E-state index contributed by atoms with van der Waals surface area (Å²) in [5.74, 6) is -0.915. The molecule has 0 radical (unpaired) electrons. The molecule has 18 heavy (non-hydrogen) atoms. The number of carboxylic acids is 1. The minimum absolute atomic E-state index is 0.206. The lowest BCUT2D eigenvalue weighted by Crippen LogP contribution is -2.26. The summed E-state index contributed by atoms with van der Waals surface area (Å²) < 4.78 is 3.15. The maximum atomic E-state index is 11.4. The Hall–Kier alpha value is -2.04. The number of carboxylic acid groups (broad SMARTS) is 1. The van der Waals surface area contributed by atoms with Gasteiger partial charge in [0.05, 0.1) is 6.20 Å². The molecular formula is C13H15N3O2. The minimum atomic E-state index is -0.915. The molecular weight excluding hydrogens is 230 g/mol. The van der Waals surface area contributed by atoms with Crippen molar-refractivity contribution < 1.29 is 9.90 Å². The van der Waals surface area contributed by atoms with Crippen LogP contribution in [0.5, 0.6) is 0 Å². The zero-order valence-corrected chi connectivity index (χ0v) is 10.2. The smallest absolute Gasteiger partial charge is 0.349 e. The van der Waals surface area contributed by atoms with Gasteiger partial charge in [-0.15, -0.1) is 0 Å². The van der Waals surface area contributed by atoms with Crippen LogP contribution in [-0.2, 0) is 10.2 Å². The van der Waals surface area contributed by atoms with Gasteiger partial charge in [-0.3, -0.25) is 0 Å². The van der Waals surface area contributed by atoms with Gasteiger partial charge in [0.1, 0.15) is 0 Å². The summed E-state index contributed by atoms with van der Waals surface area (Å²) in [6.07, 6.45) is 8.60. The van der Waals surface area contributed by atoms with Crippen molar-refractivity contribution in [2.24, 2.45) is 0 Å². The molecule has 0 saturated heterocycles. The number of aromatic nitrogens is 3. The summed E-state index contributed by atoms with van der Waals surface area (Å²) in [5, 5.41) is 13.6. The van der Waals surface area contributed by atoms with Crippen molar-refractivity contribution in [2.75, 3.05) is 0 Å². The molecule has 1 fully saturated rings. The predicted molar refractivity (Wildman–Crippen MR) is 65.3 cm³/mol. The Labute approximate surface area is 105 Å². The third kappa shape index (κ3) is 1.72. The van der Waals surface area contributed by atoms with E-state index in [1.807, 2.05) is 18.3 Å². The van der Waals surface area contributed by atoms with Crippen molar-refractivity contribution in [1.82, 2.24) is 14.3 Å². The van der Waals surface area contributed by atoms with Crippen molar-refractivity contribution in [3.63, 3.8) is 0 Å². The van der Waals surface area contributed by atoms with Crippen molar-refractivity contribution in [3.8, 4) is 0 Å². The number of nitrogens with zero attached hydrogens (tertiary/aromatic N) is 3. The van der Waals surface area contributed by atoms with Gasteiger partial charge in [0, 0.05) is 18.6 Å². The number of carbonyl (C=O) groups is 1. The number of rotatable bonds is 4. The van der Waals surface area contributed by atoms with Crippen molar-refractivity contribution in [2.45, 2.75) is 31.3 Å². The molecule has 2 aromatic rings. The molecule has 0 spiro atoms. The van der Waals surface area contributed by atoms with E-state index in [1.165, 1.54) is 4.68 Å². The summed E-state index contributed by atoms with van der Waals surface area (Å²) in [4.78, 5) is 11.4. The molecule has 1 N–H and O–H groups in total. The van der Waals surface area contributed by atoms with E-state index in [0.29, 0.717) is 0 Å². The van der Waals surface area contributed by atoms with E-state index in [9.17, 15) is 9.90 Å². The first-order chi connectivity index (χ1) is 8.60. The van der Waals surface area contributed by atoms with Crippen LogP contribution < -0.4 is 0 Å². The topological polar surface area (TPSA) is 60.1 Å². The first kappa shape index (κ1) is 11.1. The van der Waals surface area contributed by atoms with Crippen LogP contribution in [0.15, 0.2) is 36.9 Å². The van der Waals surface area contributed by atoms with E-state index in [1.54, 1.807) is 23.2 Å². The van der Waals surface area contributed by atoms with Crippen LogP contribution in [0.4, 0.5) is 0 Å². The molecule has 1 aliphatic rings. The van der Waals surface area contributed by atoms with Crippen LogP contribution in [0.1, 0.15) is 31.5 Å². The third-order valence-electron chi connectivity index (χ3n) is 3.68. The molecule has 5 nitrogen and oxygen atoms in total. The zero-order chi connectivity index (χ0) is 12.8. The van der Waals surface area contributed by atoms with E-state index in [2.05, 4.69) is 12.0 Å². The van der Waals surface area contributed by atoms with Gasteiger partial charge < -0.3 is 9.67 Å². The lowest BCUT2D eigenvalue weighted by atomic mass is 10.0. The molecule has 2 heterocycles. The Morgan fingerprint density at radius 2 is 2.11 bits per heavy atom. The van der Waals surface area contributed by atoms with Crippen LogP contribution in [0.2, 0.25) is 0 Å². The van der Waals surface area contributed by atoms with Crippen LogP contribution >= 0.6 is 0 Å². The fourth-order valence-electron chi connectivity index (χ4n) is 2.15. The molecule has 3 rings (SSSR count). The molecule has 94 valence electrons. The highest BCUT2D eigenvalue weighted by molar-refractivity contribution is 5.71. The van der Waals surface area contributed by atoms with E-state index in [-0.39, 0.29) is 5.41 Å². The minimum Gasteiger partial charge on any atom is -0.478 e. The van der Waals surface area contributed by atoms with E-state index in [4.69, 9.17) is 0 Å². The Kier molecular flexibility index (Phi) is 2.29. The zero-order valence-electron chi connectivity index (χ0n) is 10.2. The molecule has 1 atom stereocenters. The molecule has 0 aliphatic heterocycles. The Balaban J connectivity index is 1.96. The highest BCUT2D eigenvalue weighted by Gasteiger charge is 2.40. The van der Waals surface area contributed by atoms with Crippen LogP contribution in [-0.4, -0.2) is 25.4 Å². The fourth-order valence-corrected chi connectivity index (χ4v) is 2.15. The maximum absolute atomic E-state index is 11.4. The maximum Gasteiger partial charge on any atom is 0.349 e. The van der Waals surface area contributed by atoms with Crippen molar-refractivity contribution >= 4 is 5.97 Å². The summed E-state index contributed by atoms with van der Waals surface area (Å²) >= 11 is 0. The van der Waals surface area contributed by atoms with Gasteiger partial charge in [-0.25, -0.2) is 9.48 Å². The predicted octanol–water partition coefficient (Wildman–Crippen LogP) is 1.87. The second-order valence-corrected chi connectivity index (χ2v) is 5.11. The summed E-state index contributed by atoms with van der Waals surface area (Å²) in [6.45, 7) is 2.18. The van der Waals surface area contributed by atoms with Gasteiger partial charge >= 0.3 is 5.97 Å². The largest absolute Gasteiger partial charge is 0.478 e. The molecule has 0 aromatic carbocycles. The van der Waals surface area contributed by atoms with E-state index < -0.39 is 12.1 Å². The van der Waals surface area contributed by atoms with Crippen molar-refractivity contribution in [1.29, 1.82) is 0 Å². The van der Waals surface area contributed by atoms with Crippen LogP contribution in [0.25, 0.3) is 0 Å². The molecule has 0 amide bonds.